The lowest BCUT2D eigenvalue weighted by atomic mass is 9.89. The van der Waals surface area contributed by atoms with Crippen LogP contribution >= 0.6 is 0 Å². The summed E-state index contributed by atoms with van der Waals surface area (Å²) in [5, 5.41) is 8.58. The predicted octanol–water partition coefficient (Wildman–Crippen LogP) is 1.75. The van der Waals surface area contributed by atoms with E-state index in [2.05, 4.69) is 13.8 Å². The van der Waals surface area contributed by atoms with Crippen LogP contribution in [0.5, 0.6) is 0 Å². The molecule has 0 aromatic carbocycles. The molecule has 1 heterocycles. The fourth-order valence-electron chi connectivity index (χ4n) is 2.28. The Morgan fingerprint density at radius 1 is 1.31 bits per heavy atom. The lowest BCUT2D eigenvalue weighted by Gasteiger charge is -2.20. The van der Waals surface area contributed by atoms with Crippen molar-refractivity contribution in [1.82, 2.24) is 4.90 Å². The fourth-order valence-corrected chi connectivity index (χ4v) is 2.28. The molecule has 0 saturated carbocycles. The number of carbonyl (C=O) groups excluding carboxylic acids is 1. The predicted molar refractivity (Wildman–Crippen MR) is 61.0 cm³/mol. The summed E-state index contributed by atoms with van der Waals surface area (Å²) in [4.78, 5) is 23.8. The Labute approximate surface area is 96.6 Å². The van der Waals surface area contributed by atoms with E-state index in [0.29, 0.717) is 11.8 Å². The minimum atomic E-state index is -1.03. The molecule has 1 aliphatic rings. The molecule has 0 radical (unpaired) electrons. The Kier molecular flexibility index (Phi) is 4.77. The van der Waals surface area contributed by atoms with Gasteiger partial charge in [0.1, 0.15) is 6.42 Å². The number of rotatable bonds is 3. The summed E-state index contributed by atoms with van der Waals surface area (Å²) in [6.45, 7) is 5.85. The molecule has 0 spiro atoms. The number of carboxylic acid groups (broad SMARTS) is 1. The number of carboxylic acids is 1. The smallest absolute Gasteiger partial charge is 0.312 e. The van der Waals surface area contributed by atoms with Gasteiger partial charge < -0.3 is 10.0 Å². The molecular weight excluding hydrogens is 206 g/mol. The maximum Gasteiger partial charge on any atom is 0.312 e. The highest BCUT2D eigenvalue weighted by atomic mass is 16.4. The summed E-state index contributed by atoms with van der Waals surface area (Å²) in [5.74, 6) is 0.0451. The van der Waals surface area contributed by atoms with Gasteiger partial charge in [-0.05, 0) is 31.1 Å². The molecule has 4 nitrogen and oxygen atoms in total. The first kappa shape index (κ1) is 13.0. The first-order valence-electron chi connectivity index (χ1n) is 6.00. The van der Waals surface area contributed by atoms with Gasteiger partial charge in [0.25, 0.3) is 0 Å². The van der Waals surface area contributed by atoms with E-state index in [9.17, 15) is 9.59 Å². The molecule has 0 bridgehead atoms. The van der Waals surface area contributed by atoms with Crippen LogP contribution in [0, 0.1) is 11.8 Å². The second-order valence-corrected chi connectivity index (χ2v) is 4.89. The first-order valence-corrected chi connectivity index (χ1v) is 6.00. The Morgan fingerprint density at radius 2 is 2.00 bits per heavy atom. The molecule has 1 fully saturated rings. The van der Waals surface area contributed by atoms with Crippen LogP contribution in [0.1, 0.15) is 39.5 Å². The van der Waals surface area contributed by atoms with Crippen LogP contribution in [0.4, 0.5) is 0 Å². The molecule has 0 aliphatic carbocycles. The van der Waals surface area contributed by atoms with Crippen molar-refractivity contribution in [2.45, 2.75) is 39.5 Å². The van der Waals surface area contributed by atoms with Crippen LogP contribution in [0.15, 0.2) is 0 Å². The van der Waals surface area contributed by atoms with Crippen LogP contribution in [-0.2, 0) is 9.59 Å². The van der Waals surface area contributed by atoms with Gasteiger partial charge >= 0.3 is 5.97 Å². The van der Waals surface area contributed by atoms with E-state index in [1.807, 2.05) is 0 Å². The van der Waals surface area contributed by atoms with E-state index in [4.69, 9.17) is 5.11 Å². The van der Waals surface area contributed by atoms with Crippen molar-refractivity contribution in [1.29, 1.82) is 0 Å². The molecule has 1 rings (SSSR count). The van der Waals surface area contributed by atoms with E-state index >= 15 is 0 Å². The maximum absolute atomic E-state index is 11.6. The monoisotopic (exact) mass is 227 g/mol. The molecule has 1 unspecified atom stereocenters. The van der Waals surface area contributed by atoms with Gasteiger partial charge in [-0.25, -0.2) is 0 Å². The highest BCUT2D eigenvalue weighted by Gasteiger charge is 2.23. The SMILES string of the molecule is CC(C)C1CCCN(C(=O)CC(=O)O)CC1. The summed E-state index contributed by atoms with van der Waals surface area (Å²) < 4.78 is 0. The fraction of sp³-hybridized carbons (Fsp3) is 0.833. The summed E-state index contributed by atoms with van der Waals surface area (Å²) in [6, 6.07) is 0. The van der Waals surface area contributed by atoms with Gasteiger partial charge in [-0.2, -0.15) is 0 Å². The number of nitrogens with zero attached hydrogens (tertiary/aromatic N) is 1. The number of amides is 1. The normalized spacial score (nSPS) is 21.9. The second-order valence-electron chi connectivity index (χ2n) is 4.89. The number of likely N-dealkylation sites (tertiary alicyclic amines) is 1. The molecule has 0 aromatic heterocycles. The Balaban J connectivity index is 2.46. The molecule has 1 aliphatic heterocycles. The highest BCUT2D eigenvalue weighted by Crippen LogP contribution is 2.24. The summed E-state index contributed by atoms with van der Waals surface area (Å²) >= 11 is 0. The lowest BCUT2D eigenvalue weighted by Crippen LogP contribution is -2.33. The molecular formula is C12H21NO3. The van der Waals surface area contributed by atoms with Crippen LogP contribution in [0.3, 0.4) is 0 Å². The first-order chi connectivity index (χ1) is 7.50. The van der Waals surface area contributed by atoms with Crippen LogP contribution in [0.25, 0.3) is 0 Å². The van der Waals surface area contributed by atoms with Gasteiger partial charge in [0, 0.05) is 13.1 Å². The lowest BCUT2D eigenvalue weighted by molar-refractivity contribution is -0.144. The standard InChI is InChI=1S/C12H21NO3/c1-9(2)10-4-3-6-13(7-5-10)11(14)8-12(15)16/h9-10H,3-8H2,1-2H3,(H,15,16). The van der Waals surface area contributed by atoms with Crippen molar-refractivity contribution < 1.29 is 14.7 Å². The van der Waals surface area contributed by atoms with Gasteiger partial charge in [-0.3, -0.25) is 9.59 Å². The third kappa shape index (κ3) is 3.83. The number of hydrogen-bond acceptors (Lipinski definition) is 2. The van der Waals surface area contributed by atoms with Crippen LogP contribution in [-0.4, -0.2) is 35.0 Å². The van der Waals surface area contributed by atoms with Crippen molar-refractivity contribution >= 4 is 11.9 Å². The second kappa shape index (κ2) is 5.87. The van der Waals surface area contributed by atoms with Crippen molar-refractivity contribution in [2.75, 3.05) is 13.1 Å². The number of hydrogen-bond donors (Lipinski definition) is 1. The van der Waals surface area contributed by atoms with E-state index in [-0.39, 0.29) is 12.3 Å². The molecule has 1 amide bonds. The maximum atomic E-state index is 11.6. The zero-order valence-electron chi connectivity index (χ0n) is 10.1. The third-order valence-corrected chi connectivity index (χ3v) is 3.37. The van der Waals surface area contributed by atoms with E-state index in [1.165, 1.54) is 0 Å². The van der Waals surface area contributed by atoms with E-state index in [0.717, 1.165) is 32.4 Å². The average Bonchev–Trinajstić information content (AvgIpc) is 2.41. The topological polar surface area (TPSA) is 57.6 Å². The van der Waals surface area contributed by atoms with Crippen molar-refractivity contribution in [3.05, 3.63) is 0 Å². The molecule has 92 valence electrons. The summed E-state index contributed by atoms with van der Waals surface area (Å²) in [6.07, 6.45) is 2.78. The van der Waals surface area contributed by atoms with Gasteiger partial charge in [-0.15, -0.1) is 0 Å². The van der Waals surface area contributed by atoms with E-state index in [1.54, 1.807) is 4.90 Å². The molecule has 1 N–H and O–H groups in total. The minimum Gasteiger partial charge on any atom is -0.481 e. The minimum absolute atomic E-state index is 0.239. The van der Waals surface area contributed by atoms with Gasteiger partial charge in [0.2, 0.25) is 5.91 Å². The molecule has 16 heavy (non-hydrogen) atoms. The number of carbonyl (C=O) groups is 2. The Morgan fingerprint density at radius 3 is 2.56 bits per heavy atom. The molecule has 1 atom stereocenters. The van der Waals surface area contributed by atoms with Crippen molar-refractivity contribution in [2.24, 2.45) is 11.8 Å². The zero-order chi connectivity index (χ0) is 12.1. The summed E-state index contributed by atoms with van der Waals surface area (Å²) in [5.41, 5.74) is 0. The van der Waals surface area contributed by atoms with Crippen molar-refractivity contribution in [3.8, 4) is 0 Å². The number of aliphatic carboxylic acids is 1. The Bertz CT molecular complexity index is 263. The highest BCUT2D eigenvalue weighted by molar-refractivity contribution is 5.93. The molecule has 1 saturated heterocycles. The van der Waals surface area contributed by atoms with Gasteiger partial charge in [0.15, 0.2) is 0 Å². The van der Waals surface area contributed by atoms with Crippen molar-refractivity contribution in [3.63, 3.8) is 0 Å². The average molecular weight is 227 g/mol. The molecule has 4 heteroatoms. The zero-order valence-corrected chi connectivity index (χ0v) is 10.1. The van der Waals surface area contributed by atoms with Crippen LogP contribution < -0.4 is 0 Å². The van der Waals surface area contributed by atoms with Gasteiger partial charge in [-0.1, -0.05) is 13.8 Å². The van der Waals surface area contributed by atoms with Gasteiger partial charge in [0.05, 0.1) is 0 Å². The van der Waals surface area contributed by atoms with E-state index < -0.39 is 5.97 Å². The largest absolute Gasteiger partial charge is 0.481 e. The third-order valence-electron chi connectivity index (χ3n) is 3.37. The van der Waals surface area contributed by atoms with Crippen LogP contribution in [0.2, 0.25) is 0 Å². The molecule has 0 aromatic rings. The Hall–Kier alpha value is -1.06. The quantitative estimate of drug-likeness (QED) is 0.747. The summed E-state index contributed by atoms with van der Waals surface area (Å²) in [7, 11) is 0.